The van der Waals surface area contributed by atoms with Gasteiger partial charge in [0.25, 0.3) is 11.8 Å². The van der Waals surface area contributed by atoms with Crippen molar-refractivity contribution in [2.75, 3.05) is 0 Å². The minimum Gasteiger partial charge on any atom is -0.486 e. The molecule has 7 nitrogen and oxygen atoms in total. The fourth-order valence-electron chi connectivity index (χ4n) is 3.06. The third-order valence-electron chi connectivity index (χ3n) is 4.63. The molecule has 0 aliphatic heterocycles. The molecule has 0 bridgehead atoms. The van der Waals surface area contributed by atoms with Crippen LogP contribution in [0.3, 0.4) is 0 Å². The molecule has 0 aliphatic carbocycles. The van der Waals surface area contributed by atoms with Crippen LogP contribution in [0.4, 0.5) is 0 Å². The lowest BCUT2D eigenvalue weighted by Crippen LogP contribution is -2.41. The quantitative estimate of drug-likeness (QED) is 0.466. The van der Waals surface area contributed by atoms with Crippen molar-refractivity contribution in [1.82, 2.24) is 20.2 Å². The van der Waals surface area contributed by atoms with Gasteiger partial charge in [0.15, 0.2) is 0 Å². The third kappa shape index (κ3) is 4.67. The van der Waals surface area contributed by atoms with E-state index in [2.05, 4.69) is 15.8 Å². The second-order valence-electron chi connectivity index (χ2n) is 6.85. The first-order valence-electron chi connectivity index (χ1n) is 9.52. The Balaban J connectivity index is 1.42. The SMILES string of the molecule is Cc1cccn2cc(COc3ccccc3C(=O)NNC(=O)c3ccc(Cl)cc3)nc12. The summed E-state index contributed by atoms with van der Waals surface area (Å²) in [6.45, 7) is 2.19. The van der Waals surface area contributed by atoms with Gasteiger partial charge in [-0.1, -0.05) is 29.8 Å². The topological polar surface area (TPSA) is 84.7 Å². The third-order valence-corrected chi connectivity index (χ3v) is 4.88. The lowest BCUT2D eigenvalue weighted by Gasteiger charge is -2.11. The Labute approximate surface area is 183 Å². The van der Waals surface area contributed by atoms with Gasteiger partial charge in [0, 0.05) is 23.0 Å². The predicted molar refractivity (Wildman–Crippen MR) is 117 cm³/mol. The van der Waals surface area contributed by atoms with Crippen LogP contribution in [0, 0.1) is 6.92 Å². The van der Waals surface area contributed by atoms with E-state index in [1.165, 1.54) is 0 Å². The fourth-order valence-corrected chi connectivity index (χ4v) is 3.19. The van der Waals surface area contributed by atoms with Crippen LogP contribution < -0.4 is 15.6 Å². The Morgan fingerprint density at radius 2 is 1.74 bits per heavy atom. The average Bonchev–Trinajstić information content (AvgIpc) is 3.21. The highest BCUT2D eigenvalue weighted by molar-refractivity contribution is 6.30. The number of halogens is 1. The molecule has 0 saturated heterocycles. The van der Waals surface area contributed by atoms with Crippen LogP contribution in [-0.4, -0.2) is 21.2 Å². The van der Waals surface area contributed by atoms with Crippen molar-refractivity contribution in [1.29, 1.82) is 0 Å². The summed E-state index contributed by atoms with van der Waals surface area (Å²) in [4.78, 5) is 29.4. The zero-order valence-corrected chi connectivity index (χ0v) is 17.4. The Hall–Kier alpha value is -3.84. The zero-order valence-electron chi connectivity index (χ0n) is 16.6. The largest absolute Gasteiger partial charge is 0.486 e. The number of imidazole rings is 1. The second kappa shape index (κ2) is 8.89. The van der Waals surface area contributed by atoms with E-state index in [1.807, 2.05) is 35.9 Å². The molecule has 0 atom stereocenters. The number of nitrogens with one attached hydrogen (secondary N) is 2. The number of pyridine rings is 1. The first kappa shape index (κ1) is 20.4. The van der Waals surface area contributed by atoms with Crippen molar-refractivity contribution in [3.8, 4) is 5.75 Å². The molecule has 0 saturated carbocycles. The van der Waals surface area contributed by atoms with Crippen molar-refractivity contribution in [2.24, 2.45) is 0 Å². The summed E-state index contributed by atoms with van der Waals surface area (Å²) < 4.78 is 7.78. The molecule has 2 aromatic carbocycles. The number of hydrazine groups is 1. The van der Waals surface area contributed by atoms with Crippen LogP contribution in [0.1, 0.15) is 32.0 Å². The summed E-state index contributed by atoms with van der Waals surface area (Å²) >= 11 is 5.82. The Bertz CT molecular complexity index is 1250. The molecule has 2 N–H and O–H groups in total. The molecule has 156 valence electrons. The highest BCUT2D eigenvalue weighted by Crippen LogP contribution is 2.20. The maximum absolute atomic E-state index is 12.6. The number of aromatic nitrogens is 2. The minimum atomic E-state index is -0.497. The van der Waals surface area contributed by atoms with Crippen LogP contribution in [0.2, 0.25) is 5.02 Å². The van der Waals surface area contributed by atoms with Crippen LogP contribution in [0.5, 0.6) is 5.75 Å². The van der Waals surface area contributed by atoms with Gasteiger partial charge < -0.3 is 9.14 Å². The number of rotatable bonds is 5. The molecule has 4 aromatic rings. The lowest BCUT2D eigenvalue weighted by molar-refractivity contribution is 0.0844. The number of fused-ring (bicyclic) bond motifs is 1. The number of hydrogen-bond donors (Lipinski definition) is 2. The number of aryl methyl sites for hydroxylation is 1. The van der Waals surface area contributed by atoms with Crippen molar-refractivity contribution >= 4 is 29.1 Å². The van der Waals surface area contributed by atoms with Crippen LogP contribution >= 0.6 is 11.6 Å². The molecule has 2 aromatic heterocycles. The second-order valence-corrected chi connectivity index (χ2v) is 7.29. The number of amides is 2. The molecule has 8 heteroatoms. The standard InChI is InChI=1S/C23H19ClN4O3/c1-15-5-4-12-28-13-18(25-21(15)28)14-31-20-7-3-2-6-19(20)23(30)27-26-22(29)16-8-10-17(24)11-9-16/h2-13H,14H2,1H3,(H,26,29)(H,27,30). The highest BCUT2D eigenvalue weighted by Gasteiger charge is 2.14. The van der Waals surface area contributed by atoms with Gasteiger partial charge >= 0.3 is 0 Å². The molecule has 0 unspecified atom stereocenters. The summed E-state index contributed by atoms with van der Waals surface area (Å²) in [6.07, 6.45) is 3.81. The van der Waals surface area contributed by atoms with Gasteiger partial charge in [-0.3, -0.25) is 20.4 Å². The van der Waals surface area contributed by atoms with Crippen molar-refractivity contribution in [3.05, 3.63) is 100 Å². The van der Waals surface area contributed by atoms with Crippen molar-refractivity contribution < 1.29 is 14.3 Å². The monoisotopic (exact) mass is 434 g/mol. The number of carbonyl (C=O) groups is 2. The van der Waals surface area contributed by atoms with E-state index >= 15 is 0 Å². The summed E-state index contributed by atoms with van der Waals surface area (Å²) in [7, 11) is 0. The van der Waals surface area contributed by atoms with E-state index in [0.717, 1.165) is 16.9 Å². The first-order valence-corrected chi connectivity index (χ1v) is 9.90. The van der Waals surface area contributed by atoms with E-state index in [-0.39, 0.29) is 6.61 Å². The number of carbonyl (C=O) groups excluding carboxylic acids is 2. The van der Waals surface area contributed by atoms with Crippen LogP contribution in [0.25, 0.3) is 5.65 Å². The van der Waals surface area contributed by atoms with E-state index < -0.39 is 11.8 Å². The van der Waals surface area contributed by atoms with Crippen molar-refractivity contribution in [3.63, 3.8) is 0 Å². The summed E-state index contributed by atoms with van der Waals surface area (Å²) in [5.74, 6) is -0.568. The molecule has 0 aliphatic rings. The summed E-state index contributed by atoms with van der Waals surface area (Å²) in [6, 6.07) is 17.1. The fraction of sp³-hybridized carbons (Fsp3) is 0.0870. The number of hydrogen-bond acceptors (Lipinski definition) is 4. The average molecular weight is 435 g/mol. The van der Waals surface area contributed by atoms with Gasteiger partial charge in [-0.05, 0) is 55.0 Å². The summed E-state index contributed by atoms with van der Waals surface area (Å²) in [5.41, 5.74) is 8.11. The lowest BCUT2D eigenvalue weighted by atomic mass is 10.2. The van der Waals surface area contributed by atoms with Gasteiger partial charge in [0.05, 0.1) is 11.3 Å². The highest BCUT2D eigenvalue weighted by atomic mass is 35.5. The molecule has 4 rings (SSSR count). The normalized spacial score (nSPS) is 10.6. The van der Waals surface area contributed by atoms with Gasteiger partial charge in [-0.2, -0.15) is 0 Å². The Morgan fingerprint density at radius 3 is 2.52 bits per heavy atom. The van der Waals surface area contributed by atoms with Gasteiger partial charge in [0.1, 0.15) is 18.0 Å². The van der Waals surface area contributed by atoms with Gasteiger partial charge in [0.2, 0.25) is 0 Å². The van der Waals surface area contributed by atoms with E-state index in [0.29, 0.717) is 21.9 Å². The van der Waals surface area contributed by atoms with Gasteiger partial charge in [-0.15, -0.1) is 0 Å². The molecular weight excluding hydrogens is 416 g/mol. The maximum atomic E-state index is 12.6. The zero-order chi connectivity index (χ0) is 21.8. The van der Waals surface area contributed by atoms with Crippen LogP contribution in [-0.2, 0) is 6.61 Å². The molecule has 31 heavy (non-hydrogen) atoms. The van der Waals surface area contributed by atoms with Crippen LogP contribution in [0.15, 0.2) is 73.1 Å². The molecule has 2 heterocycles. The predicted octanol–water partition coefficient (Wildman–Crippen LogP) is 3.95. The number of para-hydroxylation sites is 1. The van der Waals surface area contributed by atoms with E-state index in [1.54, 1.807) is 48.5 Å². The molecular formula is C23H19ClN4O3. The molecule has 0 fully saturated rings. The Morgan fingerprint density at radius 1 is 1.00 bits per heavy atom. The summed E-state index contributed by atoms with van der Waals surface area (Å²) in [5, 5.41) is 0.521. The van der Waals surface area contributed by atoms with E-state index in [9.17, 15) is 9.59 Å². The first-order chi connectivity index (χ1) is 15.0. The molecule has 2 amide bonds. The number of benzene rings is 2. The molecule has 0 spiro atoms. The van der Waals surface area contributed by atoms with E-state index in [4.69, 9.17) is 16.3 Å². The Kier molecular flexibility index (Phi) is 5.86. The smallest absolute Gasteiger partial charge is 0.273 e. The number of nitrogens with zero attached hydrogens (tertiary/aromatic N) is 2. The number of ether oxygens (including phenoxy) is 1. The molecule has 0 radical (unpaired) electrons. The van der Waals surface area contributed by atoms with Crippen molar-refractivity contribution in [2.45, 2.75) is 13.5 Å². The van der Waals surface area contributed by atoms with Gasteiger partial charge in [-0.25, -0.2) is 4.98 Å². The maximum Gasteiger partial charge on any atom is 0.273 e. The minimum absolute atomic E-state index is 0.197.